The third-order valence-corrected chi connectivity index (χ3v) is 3.23. The number of nitrogens with zero attached hydrogens (tertiary/aromatic N) is 1. The highest BCUT2D eigenvalue weighted by atomic mass is 19.1. The number of hydrogen-bond acceptors (Lipinski definition) is 3. The molecule has 0 heterocycles. The topological polar surface area (TPSA) is 45.0 Å². The number of ether oxygens (including phenoxy) is 1. The van der Waals surface area contributed by atoms with Crippen LogP contribution in [0.1, 0.15) is 24.1 Å². The molecule has 0 aliphatic heterocycles. The largest absolute Gasteiger partial charge is 0.478 e. The van der Waals surface area contributed by atoms with E-state index in [2.05, 4.69) is 5.32 Å². The Hall–Kier alpha value is -2.38. The lowest BCUT2D eigenvalue weighted by molar-refractivity contribution is 0.361. The number of rotatable bonds is 6. The molecule has 0 unspecified atom stereocenters. The first-order valence-electron chi connectivity index (χ1n) is 6.77. The highest BCUT2D eigenvalue weighted by Gasteiger charge is 2.07. The van der Waals surface area contributed by atoms with Gasteiger partial charge in [0.05, 0.1) is 0 Å². The molecule has 108 valence electrons. The van der Waals surface area contributed by atoms with Gasteiger partial charge in [-0.15, -0.1) is 0 Å². The van der Waals surface area contributed by atoms with E-state index in [4.69, 9.17) is 10.00 Å². The zero-order valence-corrected chi connectivity index (χ0v) is 11.8. The zero-order chi connectivity index (χ0) is 15.1. The van der Waals surface area contributed by atoms with Gasteiger partial charge in [-0.25, -0.2) is 4.39 Å². The van der Waals surface area contributed by atoms with Gasteiger partial charge in [-0.3, -0.25) is 0 Å². The minimum Gasteiger partial charge on any atom is -0.478 e. The Kier molecular flexibility index (Phi) is 5.30. The van der Waals surface area contributed by atoms with E-state index in [1.165, 1.54) is 12.1 Å². The number of nitrogens with one attached hydrogen (secondary N) is 1. The molecule has 0 aliphatic rings. The van der Waals surface area contributed by atoms with Crippen molar-refractivity contribution in [3.63, 3.8) is 0 Å². The second kappa shape index (κ2) is 7.41. The van der Waals surface area contributed by atoms with E-state index in [-0.39, 0.29) is 18.5 Å². The highest BCUT2D eigenvalue weighted by molar-refractivity contribution is 5.33. The highest BCUT2D eigenvalue weighted by Crippen LogP contribution is 2.19. The van der Waals surface area contributed by atoms with Gasteiger partial charge in [-0.05, 0) is 30.7 Å². The third kappa shape index (κ3) is 4.30. The summed E-state index contributed by atoms with van der Waals surface area (Å²) < 4.78 is 18.3. The molecule has 4 heteroatoms. The summed E-state index contributed by atoms with van der Waals surface area (Å²) in [5.41, 5.74) is 2.01. The van der Waals surface area contributed by atoms with Gasteiger partial charge in [0, 0.05) is 18.2 Å². The van der Waals surface area contributed by atoms with Crippen molar-refractivity contribution in [3.8, 4) is 11.8 Å². The van der Waals surface area contributed by atoms with Gasteiger partial charge in [0.2, 0.25) is 0 Å². The molecule has 0 fully saturated rings. The van der Waals surface area contributed by atoms with Crippen LogP contribution in [0.25, 0.3) is 0 Å². The van der Waals surface area contributed by atoms with Crippen molar-refractivity contribution in [1.82, 2.24) is 5.32 Å². The Balaban J connectivity index is 1.99. The first-order chi connectivity index (χ1) is 10.2. The first-order valence-corrected chi connectivity index (χ1v) is 6.77. The fourth-order valence-electron chi connectivity index (χ4n) is 2.03. The molecule has 0 amide bonds. The summed E-state index contributed by atoms with van der Waals surface area (Å²) in [4.78, 5) is 0. The van der Waals surface area contributed by atoms with Crippen molar-refractivity contribution < 1.29 is 9.13 Å². The molecular weight excluding hydrogens is 267 g/mol. The summed E-state index contributed by atoms with van der Waals surface area (Å²) in [7, 11) is 0. The Labute approximate surface area is 124 Å². The molecule has 0 radical (unpaired) electrons. The number of hydrogen-bond donors (Lipinski definition) is 1. The second-order valence-electron chi connectivity index (χ2n) is 4.71. The molecule has 0 spiro atoms. The van der Waals surface area contributed by atoms with Crippen molar-refractivity contribution in [2.45, 2.75) is 19.5 Å². The SMILES string of the molecule is C[C@@H](NCc1ccccc1OCC#N)c1ccc(F)cc1. The standard InChI is InChI=1S/C17H17FN2O/c1-13(14-6-8-16(18)9-7-14)20-12-15-4-2-3-5-17(15)21-11-10-19/h2-9,13,20H,11-12H2,1H3/t13-/m1/s1. The van der Waals surface area contributed by atoms with Gasteiger partial charge in [-0.1, -0.05) is 30.3 Å². The Morgan fingerprint density at radius 3 is 2.62 bits per heavy atom. The molecular formula is C17H17FN2O. The molecule has 0 aliphatic carbocycles. The van der Waals surface area contributed by atoms with E-state index in [0.29, 0.717) is 12.3 Å². The van der Waals surface area contributed by atoms with Crippen LogP contribution in [0.2, 0.25) is 0 Å². The maximum Gasteiger partial charge on any atom is 0.174 e. The number of halogens is 1. The van der Waals surface area contributed by atoms with E-state index in [1.54, 1.807) is 12.1 Å². The summed E-state index contributed by atoms with van der Waals surface area (Å²) in [6.45, 7) is 2.66. The molecule has 3 nitrogen and oxygen atoms in total. The molecule has 2 rings (SSSR count). The molecule has 1 atom stereocenters. The predicted octanol–water partition coefficient (Wildman–Crippen LogP) is 3.58. The van der Waals surface area contributed by atoms with Crippen LogP contribution >= 0.6 is 0 Å². The van der Waals surface area contributed by atoms with Gasteiger partial charge in [0.1, 0.15) is 17.6 Å². The molecule has 21 heavy (non-hydrogen) atoms. The van der Waals surface area contributed by atoms with E-state index in [0.717, 1.165) is 11.1 Å². The maximum absolute atomic E-state index is 12.9. The minimum absolute atomic E-state index is 0.0323. The van der Waals surface area contributed by atoms with E-state index in [9.17, 15) is 4.39 Å². The van der Waals surface area contributed by atoms with Gasteiger partial charge in [-0.2, -0.15) is 5.26 Å². The summed E-state index contributed by atoms with van der Waals surface area (Å²) in [6, 6.07) is 16.1. The first kappa shape index (κ1) is 15.0. The second-order valence-corrected chi connectivity index (χ2v) is 4.71. The summed E-state index contributed by atoms with van der Waals surface area (Å²) >= 11 is 0. The quantitative estimate of drug-likeness (QED) is 0.882. The van der Waals surface area contributed by atoms with E-state index < -0.39 is 0 Å². The molecule has 0 saturated heterocycles. The maximum atomic E-state index is 12.9. The Morgan fingerprint density at radius 1 is 1.19 bits per heavy atom. The Morgan fingerprint density at radius 2 is 1.90 bits per heavy atom. The van der Waals surface area contributed by atoms with E-state index in [1.807, 2.05) is 37.3 Å². The molecule has 0 bridgehead atoms. The van der Waals surface area contributed by atoms with Crippen LogP contribution in [0.15, 0.2) is 48.5 Å². The van der Waals surface area contributed by atoms with Crippen LogP contribution in [-0.4, -0.2) is 6.61 Å². The third-order valence-electron chi connectivity index (χ3n) is 3.23. The van der Waals surface area contributed by atoms with Crippen LogP contribution in [0.4, 0.5) is 4.39 Å². The van der Waals surface area contributed by atoms with Gasteiger partial charge >= 0.3 is 0 Å². The van der Waals surface area contributed by atoms with Crippen LogP contribution in [0.5, 0.6) is 5.75 Å². The normalized spacial score (nSPS) is 11.7. The number of benzene rings is 2. The lowest BCUT2D eigenvalue weighted by atomic mass is 10.1. The van der Waals surface area contributed by atoms with Crippen LogP contribution < -0.4 is 10.1 Å². The minimum atomic E-state index is -0.235. The predicted molar refractivity (Wildman–Crippen MR) is 79.2 cm³/mol. The van der Waals surface area contributed by atoms with Crippen molar-refractivity contribution in [3.05, 3.63) is 65.5 Å². The van der Waals surface area contributed by atoms with E-state index >= 15 is 0 Å². The average Bonchev–Trinajstić information content (AvgIpc) is 2.52. The zero-order valence-electron chi connectivity index (χ0n) is 11.8. The fourth-order valence-corrected chi connectivity index (χ4v) is 2.03. The summed E-state index contributed by atoms with van der Waals surface area (Å²) in [5.74, 6) is 0.471. The lowest BCUT2D eigenvalue weighted by Gasteiger charge is -2.16. The molecule has 1 N–H and O–H groups in total. The van der Waals surface area contributed by atoms with Crippen LogP contribution in [0, 0.1) is 17.1 Å². The molecule has 0 saturated carbocycles. The monoisotopic (exact) mass is 284 g/mol. The Bertz CT molecular complexity index is 619. The number of nitriles is 1. The summed E-state index contributed by atoms with van der Waals surface area (Å²) in [5, 5.41) is 12.0. The van der Waals surface area contributed by atoms with Crippen LogP contribution in [-0.2, 0) is 6.54 Å². The van der Waals surface area contributed by atoms with Crippen molar-refractivity contribution >= 4 is 0 Å². The molecule has 2 aromatic rings. The molecule has 0 aromatic heterocycles. The van der Waals surface area contributed by atoms with Crippen molar-refractivity contribution in [2.24, 2.45) is 0 Å². The van der Waals surface area contributed by atoms with Gasteiger partial charge < -0.3 is 10.1 Å². The average molecular weight is 284 g/mol. The fraction of sp³-hybridized carbons (Fsp3) is 0.235. The summed E-state index contributed by atoms with van der Waals surface area (Å²) in [6.07, 6.45) is 0. The van der Waals surface area contributed by atoms with Crippen molar-refractivity contribution in [2.75, 3.05) is 6.61 Å². The smallest absolute Gasteiger partial charge is 0.174 e. The lowest BCUT2D eigenvalue weighted by Crippen LogP contribution is -2.18. The number of para-hydroxylation sites is 1. The van der Waals surface area contributed by atoms with Gasteiger partial charge in [0.25, 0.3) is 0 Å². The van der Waals surface area contributed by atoms with Crippen LogP contribution in [0.3, 0.4) is 0 Å². The van der Waals surface area contributed by atoms with Gasteiger partial charge in [0.15, 0.2) is 6.61 Å². The van der Waals surface area contributed by atoms with Crippen molar-refractivity contribution in [1.29, 1.82) is 5.26 Å². The molecule has 2 aromatic carbocycles.